The largest absolute Gasteiger partial charge is 0.506 e. The van der Waals surface area contributed by atoms with Crippen LogP contribution in [0.15, 0.2) is 36.8 Å². The van der Waals surface area contributed by atoms with E-state index < -0.39 is 0 Å². The van der Waals surface area contributed by atoms with E-state index in [4.69, 9.17) is 4.74 Å². The Hall–Kier alpha value is -2.63. The zero-order valence-electron chi connectivity index (χ0n) is 10.3. The topological polar surface area (TPSA) is 84.3 Å². The van der Waals surface area contributed by atoms with Gasteiger partial charge < -0.3 is 15.2 Å². The normalized spacial score (nSPS) is 9.95. The molecule has 2 aromatic heterocycles. The first kappa shape index (κ1) is 12.8. The number of aromatic hydroxyl groups is 1. The molecule has 0 spiro atoms. The second kappa shape index (κ2) is 5.81. The van der Waals surface area contributed by atoms with E-state index in [9.17, 15) is 9.90 Å². The summed E-state index contributed by atoms with van der Waals surface area (Å²) < 4.78 is 5.00. The maximum Gasteiger partial charge on any atom is 0.253 e. The van der Waals surface area contributed by atoms with Crippen molar-refractivity contribution in [2.45, 2.75) is 6.54 Å². The molecule has 6 nitrogen and oxygen atoms in total. The van der Waals surface area contributed by atoms with Crippen LogP contribution in [0.2, 0.25) is 0 Å². The van der Waals surface area contributed by atoms with Gasteiger partial charge in [-0.15, -0.1) is 0 Å². The number of rotatable bonds is 4. The second-order valence-corrected chi connectivity index (χ2v) is 3.82. The van der Waals surface area contributed by atoms with Crippen LogP contribution in [0, 0.1) is 0 Å². The fourth-order valence-corrected chi connectivity index (χ4v) is 1.51. The highest BCUT2D eigenvalue weighted by atomic mass is 16.5. The maximum absolute atomic E-state index is 11.8. The van der Waals surface area contributed by atoms with Gasteiger partial charge in [0.2, 0.25) is 5.88 Å². The summed E-state index contributed by atoms with van der Waals surface area (Å²) in [6, 6.07) is 4.87. The molecule has 19 heavy (non-hydrogen) atoms. The standard InChI is InChI=1S/C13H13N3O3/c1-19-12-4-9(2-3-15-12)6-16-13(18)10-5-11(17)8-14-7-10/h2-5,7-8,17H,6H2,1H3,(H,16,18). The van der Waals surface area contributed by atoms with Crippen molar-refractivity contribution in [3.8, 4) is 11.6 Å². The van der Waals surface area contributed by atoms with Crippen LogP contribution in [0.4, 0.5) is 0 Å². The molecular formula is C13H13N3O3. The van der Waals surface area contributed by atoms with Crippen LogP contribution in [-0.4, -0.2) is 28.1 Å². The molecule has 1 amide bonds. The predicted molar refractivity (Wildman–Crippen MR) is 67.9 cm³/mol. The van der Waals surface area contributed by atoms with E-state index in [-0.39, 0.29) is 11.7 Å². The van der Waals surface area contributed by atoms with Crippen LogP contribution in [-0.2, 0) is 6.54 Å². The lowest BCUT2D eigenvalue weighted by atomic mass is 10.2. The Kier molecular flexibility index (Phi) is 3.92. The summed E-state index contributed by atoms with van der Waals surface area (Å²) in [5.41, 5.74) is 1.18. The molecule has 6 heteroatoms. The molecule has 2 rings (SSSR count). The molecule has 0 unspecified atom stereocenters. The summed E-state index contributed by atoms with van der Waals surface area (Å²) in [5.74, 6) is 0.142. The lowest BCUT2D eigenvalue weighted by molar-refractivity contribution is 0.0950. The number of hydrogen-bond donors (Lipinski definition) is 2. The van der Waals surface area contributed by atoms with E-state index in [1.807, 2.05) is 0 Å². The Morgan fingerprint density at radius 2 is 2.26 bits per heavy atom. The number of ether oxygens (including phenoxy) is 1. The molecule has 0 aliphatic heterocycles. The highest BCUT2D eigenvalue weighted by Gasteiger charge is 2.06. The molecule has 0 radical (unpaired) electrons. The Morgan fingerprint density at radius 1 is 1.42 bits per heavy atom. The van der Waals surface area contributed by atoms with Gasteiger partial charge in [-0.3, -0.25) is 9.78 Å². The van der Waals surface area contributed by atoms with Gasteiger partial charge in [0.15, 0.2) is 0 Å². The number of nitrogens with one attached hydrogen (secondary N) is 1. The monoisotopic (exact) mass is 259 g/mol. The first-order chi connectivity index (χ1) is 9.19. The zero-order valence-corrected chi connectivity index (χ0v) is 10.3. The van der Waals surface area contributed by atoms with Gasteiger partial charge in [-0.05, 0) is 17.7 Å². The van der Waals surface area contributed by atoms with Crippen molar-refractivity contribution in [2.75, 3.05) is 7.11 Å². The molecule has 0 saturated carbocycles. The van der Waals surface area contributed by atoms with Crippen LogP contribution in [0.5, 0.6) is 11.6 Å². The average Bonchev–Trinajstić information content (AvgIpc) is 2.45. The van der Waals surface area contributed by atoms with Crippen molar-refractivity contribution in [2.24, 2.45) is 0 Å². The lowest BCUT2D eigenvalue weighted by Crippen LogP contribution is -2.22. The van der Waals surface area contributed by atoms with E-state index in [1.54, 1.807) is 18.3 Å². The fourth-order valence-electron chi connectivity index (χ4n) is 1.51. The summed E-state index contributed by atoms with van der Waals surface area (Å²) in [7, 11) is 1.53. The number of aromatic nitrogens is 2. The first-order valence-corrected chi connectivity index (χ1v) is 5.60. The number of hydrogen-bond acceptors (Lipinski definition) is 5. The average molecular weight is 259 g/mol. The summed E-state index contributed by atoms with van der Waals surface area (Å²) in [4.78, 5) is 19.5. The first-order valence-electron chi connectivity index (χ1n) is 5.60. The van der Waals surface area contributed by atoms with Gasteiger partial charge in [0.25, 0.3) is 5.91 Å². The molecule has 0 saturated heterocycles. The predicted octanol–water partition coefficient (Wildman–Crippen LogP) is 1.12. The molecule has 98 valence electrons. The smallest absolute Gasteiger partial charge is 0.253 e. The minimum Gasteiger partial charge on any atom is -0.506 e. The number of carbonyl (C=O) groups excluding carboxylic acids is 1. The van der Waals surface area contributed by atoms with E-state index in [1.165, 1.54) is 25.6 Å². The third-order valence-electron chi connectivity index (χ3n) is 2.45. The Bertz CT molecular complexity index is 587. The minimum absolute atomic E-state index is 0.0433. The van der Waals surface area contributed by atoms with Gasteiger partial charge in [0, 0.05) is 25.0 Å². The van der Waals surface area contributed by atoms with E-state index in [2.05, 4.69) is 15.3 Å². The molecule has 0 atom stereocenters. The fraction of sp³-hybridized carbons (Fsp3) is 0.154. The van der Waals surface area contributed by atoms with Crippen molar-refractivity contribution >= 4 is 5.91 Å². The highest BCUT2D eigenvalue weighted by molar-refractivity contribution is 5.94. The minimum atomic E-state index is -0.306. The molecule has 2 heterocycles. The van der Waals surface area contributed by atoms with Crippen molar-refractivity contribution in [1.29, 1.82) is 0 Å². The van der Waals surface area contributed by atoms with Crippen LogP contribution >= 0.6 is 0 Å². The van der Waals surface area contributed by atoms with Gasteiger partial charge in [0.1, 0.15) is 5.75 Å². The SMILES string of the molecule is COc1cc(CNC(=O)c2cncc(O)c2)ccn1. The van der Waals surface area contributed by atoms with Gasteiger partial charge in [-0.1, -0.05) is 0 Å². The summed E-state index contributed by atoms with van der Waals surface area (Å²) >= 11 is 0. The van der Waals surface area contributed by atoms with Crippen molar-refractivity contribution in [3.63, 3.8) is 0 Å². The number of carbonyl (C=O) groups is 1. The quantitative estimate of drug-likeness (QED) is 0.859. The van der Waals surface area contributed by atoms with Crippen molar-refractivity contribution in [1.82, 2.24) is 15.3 Å². The molecule has 2 aromatic rings. The van der Waals surface area contributed by atoms with Gasteiger partial charge in [0.05, 0.1) is 18.9 Å². The van der Waals surface area contributed by atoms with Gasteiger partial charge >= 0.3 is 0 Å². The Labute approximate surface area is 110 Å². The number of pyridine rings is 2. The summed E-state index contributed by atoms with van der Waals surface area (Å²) in [6.07, 6.45) is 4.27. The Balaban J connectivity index is 2.00. The van der Waals surface area contributed by atoms with E-state index >= 15 is 0 Å². The molecule has 0 fully saturated rings. The molecule has 0 aromatic carbocycles. The van der Waals surface area contributed by atoms with Gasteiger partial charge in [-0.2, -0.15) is 0 Å². The molecule has 2 N–H and O–H groups in total. The number of amides is 1. The number of methoxy groups -OCH3 is 1. The third kappa shape index (κ3) is 3.41. The molecule has 0 aliphatic carbocycles. The van der Waals surface area contributed by atoms with E-state index in [0.717, 1.165) is 5.56 Å². The van der Waals surface area contributed by atoms with Crippen LogP contribution in [0.1, 0.15) is 15.9 Å². The van der Waals surface area contributed by atoms with Gasteiger partial charge in [-0.25, -0.2) is 4.98 Å². The molecular weight excluding hydrogens is 246 g/mol. The third-order valence-corrected chi connectivity index (χ3v) is 2.45. The highest BCUT2D eigenvalue weighted by Crippen LogP contribution is 2.10. The maximum atomic E-state index is 11.8. The zero-order chi connectivity index (χ0) is 13.7. The second-order valence-electron chi connectivity index (χ2n) is 3.82. The Morgan fingerprint density at radius 3 is 3.00 bits per heavy atom. The van der Waals surface area contributed by atoms with Crippen LogP contribution in [0.25, 0.3) is 0 Å². The number of nitrogens with zero attached hydrogens (tertiary/aromatic N) is 2. The molecule has 0 aliphatic rings. The van der Waals surface area contributed by atoms with Crippen LogP contribution in [0.3, 0.4) is 0 Å². The summed E-state index contributed by atoms with van der Waals surface area (Å²) in [6.45, 7) is 0.341. The van der Waals surface area contributed by atoms with Crippen molar-refractivity contribution < 1.29 is 14.6 Å². The van der Waals surface area contributed by atoms with Crippen molar-refractivity contribution in [3.05, 3.63) is 47.9 Å². The molecule has 0 bridgehead atoms. The lowest BCUT2D eigenvalue weighted by Gasteiger charge is -2.06. The summed E-state index contributed by atoms with van der Waals surface area (Å²) in [5, 5.41) is 12.0. The van der Waals surface area contributed by atoms with E-state index in [0.29, 0.717) is 18.0 Å². The van der Waals surface area contributed by atoms with Crippen LogP contribution < -0.4 is 10.1 Å².